The third-order valence-corrected chi connectivity index (χ3v) is 1.78. The molecule has 1 aromatic rings. The van der Waals surface area contributed by atoms with E-state index in [0.717, 1.165) is 4.90 Å². The van der Waals surface area contributed by atoms with Gasteiger partial charge in [0.25, 0.3) is 12.3 Å². The van der Waals surface area contributed by atoms with Gasteiger partial charge in [0.15, 0.2) is 5.82 Å². The van der Waals surface area contributed by atoms with Gasteiger partial charge in [-0.25, -0.2) is 24.6 Å². The molecule has 6 nitrogen and oxygen atoms in total. The molecule has 1 aromatic heterocycles. The van der Waals surface area contributed by atoms with Crippen molar-refractivity contribution in [2.24, 2.45) is 5.84 Å². The SMILES string of the molecule is CN(CC(F)F)C(=O)c1cnc(NN)cn1. The van der Waals surface area contributed by atoms with E-state index in [1.807, 2.05) is 0 Å². The normalized spacial score (nSPS) is 10.3. The summed E-state index contributed by atoms with van der Waals surface area (Å²) in [6.45, 7) is -0.641. The number of nitrogens with one attached hydrogen (secondary N) is 1. The summed E-state index contributed by atoms with van der Waals surface area (Å²) in [6, 6.07) is 0. The first-order valence-electron chi connectivity index (χ1n) is 4.37. The molecule has 0 fully saturated rings. The topological polar surface area (TPSA) is 84.1 Å². The molecule has 0 spiro atoms. The van der Waals surface area contributed by atoms with Crippen molar-refractivity contribution < 1.29 is 13.6 Å². The van der Waals surface area contributed by atoms with Gasteiger partial charge in [0.05, 0.1) is 18.9 Å². The lowest BCUT2D eigenvalue weighted by Gasteiger charge is -2.15. The average molecular weight is 231 g/mol. The number of rotatable bonds is 4. The zero-order valence-corrected chi connectivity index (χ0v) is 8.52. The number of amides is 1. The molecule has 0 unspecified atom stereocenters. The highest BCUT2D eigenvalue weighted by molar-refractivity contribution is 5.91. The Balaban J connectivity index is 2.72. The molecule has 0 aromatic carbocycles. The van der Waals surface area contributed by atoms with Crippen LogP contribution in [-0.2, 0) is 0 Å². The zero-order valence-electron chi connectivity index (χ0n) is 8.52. The summed E-state index contributed by atoms with van der Waals surface area (Å²) in [4.78, 5) is 19.9. The first-order chi connectivity index (χ1) is 7.54. The Morgan fingerprint density at radius 2 is 2.25 bits per heavy atom. The Morgan fingerprint density at radius 3 is 2.69 bits per heavy atom. The zero-order chi connectivity index (χ0) is 12.1. The van der Waals surface area contributed by atoms with E-state index in [4.69, 9.17) is 5.84 Å². The predicted molar refractivity (Wildman–Crippen MR) is 52.8 cm³/mol. The Kier molecular flexibility index (Phi) is 4.06. The predicted octanol–water partition coefficient (Wildman–Crippen LogP) is 0.0993. The van der Waals surface area contributed by atoms with E-state index in [1.165, 1.54) is 19.4 Å². The fourth-order valence-electron chi connectivity index (χ4n) is 0.998. The number of aromatic nitrogens is 2. The number of halogens is 2. The summed E-state index contributed by atoms with van der Waals surface area (Å²) in [5, 5.41) is 0. The number of anilines is 1. The van der Waals surface area contributed by atoms with Gasteiger partial charge in [0.1, 0.15) is 5.69 Å². The molecule has 0 atom stereocenters. The van der Waals surface area contributed by atoms with Crippen molar-refractivity contribution in [3.05, 3.63) is 18.1 Å². The van der Waals surface area contributed by atoms with Crippen molar-refractivity contribution >= 4 is 11.7 Å². The molecule has 0 aliphatic rings. The number of carbonyl (C=O) groups is 1. The van der Waals surface area contributed by atoms with E-state index in [1.54, 1.807) is 0 Å². The summed E-state index contributed by atoms with van der Waals surface area (Å²) in [7, 11) is 1.27. The smallest absolute Gasteiger partial charge is 0.273 e. The van der Waals surface area contributed by atoms with Crippen LogP contribution in [0.3, 0.4) is 0 Å². The van der Waals surface area contributed by atoms with Gasteiger partial charge in [-0.15, -0.1) is 0 Å². The number of hydrogen-bond acceptors (Lipinski definition) is 5. The number of alkyl halides is 2. The molecule has 0 saturated carbocycles. The van der Waals surface area contributed by atoms with Gasteiger partial charge < -0.3 is 10.3 Å². The quantitative estimate of drug-likeness (QED) is 0.567. The summed E-state index contributed by atoms with van der Waals surface area (Å²) >= 11 is 0. The summed E-state index contributed by atoms with van der Waals surface area (Å²) in [5.41, 5.74) is 2.22. The largest absolute Gasteiger partial charge is 0.335 e. The summed E-state index contributed by atoms with van der Waals surface area (Å²) in [6.07, 6.45) is -0.171. The lowest BCUT2D eigenvalue weighted by molar-refractivity contribution is 0.0615. The van der Waals surface area contributed by atoms with Crippen LogP contribution in [0.2, 0.25) is 0 Å². The van der Waals surface area contributed by atoms with Gasteiger partial charge in [-0.1, -0.05) is 0 Å². The van der Waals surface area contributed by atoms with Crippen LogP contribution in [0.15, 0.2) is 12.4 Å². The molecule has 1 heterocycles. The van der Waals surface area contributed by atoms with Gasteiger partial charge in [-0.2, -0.15) is 0 Å². The minimum absolute atomic E-state index is 0.0119. The lowest BCUT2D eigenvalue weighted by Crippen LogP contribution is -2.32. The maximum atomic E-state index is 12.0. The first-order valence-corrected chi connectivity index (χ1v) is 4.37. The fraction of sp³-hybridized carbons (Fsp3) is 0.375. The number of carbonyl (C=O) groups excluding carboxylic acids is 1. The monoisotopic (exact) mass is 231 g/mol. The average Bonchev–Trinajstić information content (AvgIpc) is 2.27. The molecular formula is C8H11F2N5O. The fourth-order valence-corrected chi connectivity index (χ4v) is 0.998. The van der Waals surface area contributed by atoms with Gasteiger partial charge in [0, 0.05) is 7.05 Å². The molecule has 1 rings (SSSR count). The third-order valence-electron chi connectivity index (χ3n) is 1.78. The summed E-state index contributed by atoms with van der Waals surface area (Å²) < 4.78 is 24.0. The van der Waals surface area contributed by atoms with E-state index in [2.05, 4.69) is 15.4 Å². The van der Waals surface area contributed by atoms with Crippen molar-refractivity contribution in [3.8, 4) is 0 Å². The van der Waals surface area contributed by atoms with Crippen LogP contribution >= 0.6 is 0 Å². The number of nitrogens with two attached hydrogens (primary N) is 1. The van der Waals surface area contributed by atoms with Crippen molar-refractivity contribution in [2.75, 3.05) is 19.0 Å². The van der Waals surface area contributed by atoms with Gasteiger partial charge in [-0.3, -0.25) is 4.79 Å². The van der Waals surface area contributed by atoms with E-state index < -0.39 is 18.9 Å². The molecule has 8 heteroatoms. The Hall–Kier alpha value is -1.83. The van der Waals surface area contributed by atoms with E-state index in [-0.39, 0.29) is 11.5 Å². The second kappa shape index (κ2) is 5.31. The molecule has 1 amide bonds. The van der Waals surface area contributed by atoms with Crippen molar-refractivity contribution in [3.63, 3.8) is 0 Å². The van der Waals surface area contributed by atoms with Crippen molar-refractivity contribution in [1.82, 2.24) is 14.9 Å². The Labute approximate surface area is 90.4 Å². The highest BCUT2D eigenvalue weighted by atomic mass is 19.3. The molecule has 0 aliphatic carbocycles. The molecule has 0 bridgehead atoms. The molecule has 0 aliphatic heterocycles. The second-order valence-electron chi connectivity index (χ2n) is 3.01. The van der Waals surface area contributed by atoms with Crippen molar-refractivity contribution in [1.29, 1.82) is 0 Å². The highest BCUT2D eigenvalue weighted by Crippen LogP contribution is 2.04. The number of hydrogen-bond donors (Lipinski definition) is 2. The van der Waals surface area contributed by atoms with Gasteiger partial charge >= 0.3 is 0 Å². The van der Waals surface area contributed by atoms with Crippen LogP contribution in [0.5, 0.6) is 0 Å². The van der Waals surface area contributed by atoms with Crippen LogP contribution in [0.4, 0.5) is 14.6 Å². The highest BCUT2D eigenvalue weighted by Gasteiger charge is 2.17. The molecule has 0 radical (unpaired) electrons. The van der Waals surface area contributed by atoms with Gasteiger partial charge in [-0.05, 0) is 0 Å². The first kappa shape index (κ1) is 12.2. The lowest BCUT2D eigenvalue weighted by atomic mass is 10.4. The minimum Gasteiger partial charge on any atom is -0.335 e. The van der Waals surface area contributed by atoms with Gasteiger partial charge in [0.2, 0.25) is 0 Å². The number of nitrogens with zero attached hydrogens (tertiary/aromatic N) is 3. The number of nitrogen functional groups attached to an aromatic ring is 1. The molecule has 88 valence electrons. The Bertz CT molecular complexity index is 356. The van der Waals surface area contributed by atoms with Crippen LogP contribution < -0.4 is 11.3 Å². The standard InChI is InChI=1S/C8H11F2N5O/c1-15(4-6(9)10)8(16)5-2-13-7(14-11)3-12-5/h2-3,6H,4,11H2,1H3,(H,13,14). The minimum atomic E-state index is -2.58. The maximum Gasteiger partial charge on any atom is 0.273 e. The number of hydrazine groups is 1. The van der Waals surface area contributed by atoms with Crippen LogP contribution in [-0.4, -0.2) is 40.8 Å². The van der Waals surface area contributed by atoms with Crippen LogP contribution in [0.1, 0.15) is 10.5 Å². The van der Waals surface area contributed by atoms with E-state index >= 15 is 0 Å². The van der Waals surface area contributed by atoms with Crippen molar-refractivity contribution in [2.45, 2.75) is 6.43 Å². The molecular weight excluding hydrogens is 220 g/mol. The maximum absolute atomic E-state index is 12.0. The molecule has 3 N–H and O–H groups in total. The Morgan fingerprint density at radius 1 is 1.56 bits per heavy atom. The van der Waals surface area contributed by atoms with Crippen LogP contribution in [0, 0.1) is 0 Å². The molecule has 16 heavy (non-hydrogen) atoms. The third kappa shape index (κ3) is 3.09. The molecule has 0 saturated heterocycles. The van der Waals surface area contributed by atoms with E-state index in [9.17, 15) is 13.6 Å². The summed E-state index contributed by atoms with van der Waals surface area (Å²) in [5.74, 6) is 4.73. The van der Waals surface area contributed by atoms with E-state index in [0.29, 0.717) is 0 Å². The second-order valence-corrected chi connectivity index (χ2v) is 3.01. The van der Waals surface area contributed by atoms with Crippen LogP contribution in [0.25, 0.3) is 0 Å².